The lowest BCUT2D eigenvalue weighted by Crippen LogP contribution is -2.33. The summed E-state index contributed by atoms with van der Waals surface area (Å²) in [5.41, 5.74) is 1.61. The van der Waals surface area contributed by atoms with Crippen LogP contribution in [0.2, 0.25) is 0 Å². The van der Waals surface area contributed by atoms with Crippen LogP contribution in [0.4, 0.5) is 0 Å². The number of fused-ring (bicyclic) bond motifs is 1. The number of benzene rings is 1. The average Bonchev–Trinajstić information content (AvgIpc) is 3.20. The Labute approximate surface area is 140 Å². The molecule has 3 aromatic rings. The summed E-state index contributed by atoms with van der Waals surface area (Å²) in [5.74, 6) is 1.78. The monoisotopic (exact) mass is 326 g/mol. The van der Waals surface area contributed by atoms with Gasteiger partial charge in [0.25, 0.3) is 0 Å². The molecule has 1 N–H and O–H groups in total. The lowest BCUT2D eigenvalue weighted by Gasteiger charge is -2.17. The number of nitrogens with one attached hydrogen (secondary N) is 1. The van der Waals surface area contributed by atoms with Crippen LogP contribution in [-0.2, 0) is 11.2 Å². The molecule has 0 fully saturated rings. The number of carbonyl (C=O) groups excluding carboxylic acids is 1. The van der Waals surface area contributed by atoms with Crippen LogP contribution in [0.25, 0.3) is 11.1 Å². The van der Waals surface area contributed by atoms with E-state index in [0.29, 0.717) is 18.9 Å². The van der Waals surface area contributed by atoms with Crippen molar-refractivity contribution in [2.75, 3.05) is 6.54 Å². The highest BCUT2D eigenvalue weighted by Gasteiger charge is 2.19. The van der Waals surface area contributed by atoms with Crippen molar-refractivity contribution in [1.82, 2.24) is 19.9 Å². The molecule has 0 aliphatic rings. The molecule has 3 rings (SSSR count). The van der Waals surface area contributed by atoms with Gasteiger partial charge in [0.15, 0.2) is 11.5 Å². The molecular weight excluding hydrogens is 304 g/mol. The molecule has 0 saturated carbocycles. The first-order chi connectivity index (χ1) is 11.6. The number of amides is 1. The van der Waals surface area contributed by atoms with Crippen LogP contribution in [0.5, 0.6) is 0 Å². The molecule has 1 aromatic carbocycles. The second-order valence-corrected chi connectivity index (χ2v) is 6.14. The molecule has 0 saturated heterocycles. The SMILES string of the molecule is CC(C)c1nccn1[C@@H](C)C(=O)NCCc1nc2ccccc2o1. The van der Waals surface area contributed by atoms with Gasteiger partial charge in [-0.3, -0.25) is 4.79 Å². The Bertz CT molecular complexity index is 801. The molecule has 0 radical (unpaired) electrons. The molecule has 2 heterocycles. The normalized spacial score (nSPS) is 12.7. The molecule has 1 amide bonds. The highest BCUT2D eigenvalue weighted by atomic mass is 16.3. The molecule has 24 heavy (non-hydrogen) atoms. The van der Waals surface area contributed by atoms with E-state index < -0.39 is 0 Å². The van der Waals surface area contributed by atoms with Gasteiger partial charge in [0.1, 0.15) is 17.4 Å². The van der Waals surface area contributed by atoms with Crippen molar-refractivity contribution in [2.24, 2.45) is 0 Å². The molecule has 6 heteroatoms. The summed E-state index contributed by atoms with van der Waals surface area (Å²) in [6.07, 6.45) is 4.14. The van der Waals surface area contributed by atoms with Gasteiger partial charge in [-0.2, -0.15) is 0 Å². The van der Waals surface area contributed by atoms with Crippen molar-refractivity contribution < 1.29 is 9.21 Å². The topological polar surface area (TPSA) is 73.0 Å². The minimum Gasteiger partial charge on any atom is -0.441 e. The number of rotatable bonds is 6. The number of hydrogen-bond acceptors (Lipinski definition) is 4. The molecule has 2 aromatic heterocycles. The van der Waals surface area contributed by atoms with E-state index in [1.165, 1.54) is 0 Å². The van der Waals surface area contributed by atoms with Crippen molar-refractivity contribution in [3.63, 3.8) is 0 Å². The molecule has 0 spiro atoms. The van der Waals surface area contributed by atoms with E-state index in [9.17, 15) is 4.79 Å². The van der Waals surface area contributed by atoms with Crippen LogP contribution in [0.3, 0.4) is 0 Å². The summed E-state index contributed by atoms with van der Waals surface area (Å²) in [6.45, 7) is 6.50. The van der Waals surface area contributed by atoms with Gasteiger partial charge in [-0.1, -0.05) is 26.0 Å². The zero-order chi connectivity index (χ0) is 17.1. The van der Waals surface area contributed by atoms with Crippen molar-refractivity contribution in [3.05, 3.63) is 48.4 Å². The highest BCUT2D eigenvalue weighted by molar-refractivity contribution is 5.80. The van der Waals surface area contributed by atoms with Gasteiger partial charge in [0, 0.05) is 31.3 Å². The molecule has 0 aliphatic heterocycles. The maximum absolute atomic E-state index is 12.4. The number of aromatic nitrogens is 3. The van der Waals surface area contributed by atoms with E-state index >= 15 is 0 Å². The first-order valence-electron chi connectivity index (χ1n) is 8.21. The number of hydrogen-bond donors (Lipinski definition) is 1. The Morgan fingerprint density at radius 1 is 1.29 bits per heavy atom. The fraction of sp³-hybridized carbons (Fsp3) is 0.389. The number of nitrogens with zero attached hydrogens (tertiary/aromatic N) is 3. The quantitative estimate of drug-likeness (QED) is 0.755. The standard InChI is InChI=1S/C18H22N4O2/c1-12(2)17-19-10-11-22(17)13(3)18(23)20-9-8-16-21-14-6-4-5-7-15(14)24-16/h4-7,10-13H,8-9H2,1-3H3,(H,20,23)/t13-/m0/s1. The van der Waals surface area contributed by atoms with Crippen molar-refractivity contribution in [1.29, 1.82) is 0 Å². The smallest absolute Gasteiger partial charge is 0.242 e. The second-order valence-electron chi connectivity index (χ2n) is 6.14. The van der Waals surface area contributed by atoms with Crippen molar-refractivity contribution >= 4 is 17.0 Å². The van der Waals surface area contributed by atoms with E-state index in [1.54, 1.807) is 6.20 Å². The van der Waals surface area contributed by atoms with Gasteiger partial charge in [-0.15, -0.1) is 0 Å². The average molecular weight is 326 g/mol. The van der Waals surface area contributed by atoms with Gasteiger partial charge in [-0.25, -0.2) is 9.97 Å². The van der Waals surface area contributed by atoms with Crippen LogP contribution in [0, 0.1) is 0 Å². The number of oxazole rings is 1. The molecule has 1 atom stereocenters. The number of carbonyl (C=O) groups is 1. The Balaban J connectivity index is 1.57. The second kappa shape index (κ2) is 6.86. The van der Waals surface area contributed by atoms with Gasteiger partial charge in [0.2, 0.25) is 5.91 Å². The maximum Gasteiger partial charge on any atom is 0.242 e. The third kappa shape index (κ3) is 3.32. The Morgan fingerprint density at radius 2 is 2.08 bits per heavy atom. The van der Waals surface area contributed by atoms with E-state index in [4.69, 9.17) is 4.42 Å². The van der Waals surface area contributed by atoms with Gasteiger partial charge < -0.3 is 14.3 Å². The molecule has 0 unspecified atom stereocenters. The summed E-state index contributed by atoms with van der Waals surface area (Å²) in [7, 11) is 0. The molecule has 0 aliphatic carbocycles. The number of imidazole rings is 1. The van der Waals surface area contributed by atoms with Crippen LogP contribution >= 0.6 is 0 Å². The summed E-state index contributed by atoms with van der Waals surface area (Å²) < 4.78 is 7.57. The molecule has 0 bridgehead atoms. The maximum atomic E-state index is 12.4. The van der Waals surface area contributed by atoms with Crippen LogP contribution in [-0.4, -0.2) is 27.0 Å². The zero-order valence-electron chi connectivity index (χ0n) is 14.2. The summed E-state index contributed by atoms with van der Waals surface area (Å²) in [4.78, 5) is 21.1. The van der Waals surface area contributed by atoms with Crippen molar-refractivity contribution in [2.45, 2.75) is 39.2 Å². The van der Waals surface area contributed by atoms with E-state index in [0.717, 1.165) is 16.9 Å². The zero-order valence-corrected chi connectivity index (χ0v) is 14.2. The predicted molar refractivity (Wildman–Crippen MR) is 91.7 cm³/mol. The Morgan fingerprint density at radius 3 is 2.83 bits per heavy atom. The summed E-state index contributed by atoms with van der Waals surface area (Å²) >= 11 is 0. The highest BCUT2D eigenvalue weighted by Crippen LogP contribution is 2.17. The third-order valence-corrected chi connectivity index (χ3v) is 3.99. The Kier molecular flexibility index (Phi) is 4.64. The van der Waals surface area contributed by atoms with Crippen molar-refractivity contribution in [3.8, 4) is 0 Å². The lowest BCUT2D eigenvalue weighted by molar-refractivity contribution is -0.123. The fourth-order valence-electron chi connectivity index (χ4n) is 2.69. The summed E-state index contributed by atoms with van der Waals surface area (Å²) in [5, 5.41) is 2.94. The van der Waals surface area contributed by atoms with E-state index in [1.807, 2.05) is 42.0 Å². The lowest BCUT2D eigenvalue weighted by atomic mass is 10.2. The van der Waals surface area contributed by atoms with Gasteiger partial charge in [-0.05, 0) is 19.1 Å². The van der Waals surface area contributed by atoms with Gasteiger partial charge in [0.05, 0.1) is 0 Å². The minimum absolute atomic E-state index is 0.0361. The van der Waals surface area contributed by atoms with E-state index in [-0.39, 0.29) is 17.9 Å². The van der Waals surface area contributed by atoms with E-state index in [2.05, 4.69) is 29.1 Å². The molecule has 126 valence electrons. The third-order valence-electron chi connectivity index (χ3n) is 3.99. The summed E-state index contributed by atoms with van der Waals surface area (Å²) in [6, 6.07) is 7.34. The molecular formula is C18H22N4O2. The largest absolute Gasteiger partial charge is 0.441 e. The van der Waals surface area contributed by atoms with Crippen LogP contribution in [0.1, 0.15) is 44.4 Å². The van der Waals surface area contributed by atoms with Crippen LogP contribution < -0.4 is 5.32 Å². The Hall–Kier alpha value is -2.63. The first-order valence-corrected chi connectivity index (χ1v) is 8.21. The number of para-hydroxylation sites is 2. The fourth-order valence-corrected chi connectivity index (χ4v) is 2.69. The van der Waals surface area contributed by atoms with Crippen LogP contribution in [0.15, 0.2) is 41.1 Å². The predicted octanol–water partition coefficient (Wildman–Crippen LogP) is 3.07. The minimum atomic E-state index is -0.298. The molecule has 6 nitrogen and oxygen atoms in total. The van der Waals surface area contributed by atoms with Gasteiger partial charge >= 0.3 is 0 Å². The first kappa shape index (κ1) is 16.2.